The highest BCUT2D eigenvalue weighted by Crippen LogP contribution is 2.15. The van der Waals surface area contributed by atoms with Crippen LogP contribution in [0.15, 0.2) is 39.5 Å². The van der Waals surface area contributed by atoms with Crippen LogP contribution in [0.3, 0.4) is 0 Å². The molecule has 0 aliphatic heterocycles. The Kier molecular flexibility index (Phi) is 4.14. The molecule has 5 nitrogen and oxygen atoms in total. The summed E-state index contributed by atoms with van der Waals surface area (Å²) in [5, 5.41) is 10.6. The van der Waals surface area contributed by atoms with Crippen molar-refractivity contribution in [3.8, 4) is 0 Å². The van der Waals surface area contributed by atoms with E-state index in [1.54, 1.807) is 39.0 Å². The Labute approximate surface area is 122 Å². The van der Waals surface area contributed by atoms with Crippen molar-refractivity contribution in [1.29, 1.82) is 0 Å². The van der Waals surface area contributed by atoms with Gasteiger partial charge in [0.05, 0.1) is 5.60 Å². The lowest BCUT2D eigenvalue weighted by Gasteiger charge is -2.27. The number of fused-ring (bicyclic) bond motifs is 1. The maximum absolute atomic E-state index is 12.5. The van der Waals surface area contributed by atoms with Gasteiger partial charge in [-0.2, -0.15) is 0 Å². The molecule has 1 aromatic heterocycles. The van der Waals surface area contributed by atoms with Crippen molar-refractivity contribution in [3.05, 3.63) is 46.3 Å². The van der Waals surface area contributed by atoms with Crippen LogP contribution in [0.4, 0.5) is 0 Å². The number of rotatable bonds is 4. The summed E-state index contributed by atoms with van der Waals surface area (Å²) in [6, 6.07) is 8.57. The van der Waals surface area contributed by atoms with Crippen molar-refractivity contribution in [2.24, 2.45) is 0 Å². The summed E-state index contributed by atoms with van der Waals surface area (Å²) in [5.74, 6) is -0.431. The van der Waals surface area contributed by atoms with Gasteiger partial charge >= 0.3 is 5.63 Å². The first-order valence-electron chi connectivity index (χ1n) is 6.86. The van der Waals surface area contributed by atoms with Gasteiger partial charge in [-0.3, -0.25) is 4.79 Å². The van der Waals surface area contributed by atoms with E-state index in [2.05, 4.69) is 0 Å². The minimum absolute atomic E-state index is 0.0141. The van der Waals surface area contributed by atoms with Crippen LogP contribution in [0.2, 0.25) is 0 Å². The molecule has 1 N–H and O–H groups in total. The van der Waals surface area contributed by atoms with E-state index in [9.17, 15) is 14.7 Å². The van der Waals surface area contributed by atoms with E-state index in [1.807, 2.05) is 6.07 Å². The molecule has 112 valence electrons. The fraction of sp³-hybridized carbons (Fsp3) is 0.375. The van der Waals surface area contributed by atoms with E-state index in [0.717, 1.165) is 0 Å². The first-order valence-corrected chi connectivity index (χ1v) is 6.86. The normalized spacial score (nSPS) is 11.6. The molecule has 21 heavy (non-hydrogen) atoms. The molecule has 2 rings (SSSR count). The first kappa shape index (κ1) is 15.3. The minimum Gasteiger partial charge on any atom is -0.422 e. The molecule has 0 unspecified atom stereocenters. The summed E-state index contributed by atoms with van der Waals surface area (Å²) >= 11 is 0. The molecule has 0 atom stereocenters. The smallest absolute Gasteiger partial charge is 0.349 e. The molecule has 0 aliphatic carbocycles. The average molecular weight is 289 g/mol. The van der Waals surface area contributed by atoms with Crippen LogP contribution >= 0.6 is 0 Å². The fourth-order valence-electron chi connectivity index (χ4n) is 2.18. The number of carbonyl (C=O) groups excluding carboxylic acids is 1. The Bertz CT molecular complexity index is 712. The van der Waals surface area contributed by atoms with Gasteiger partial charge in [0.2, 0.25) is 0 Å². The van der Waals surface area contributed by atoms with Crippen LogP contribution in [0.25, 0.3) is 11.0 Å². The molecule has 0 saturated carbocycles. The van der Waals surface area contributed by atoms with Crippen LogP contribution in [0.1, 0.15) is 31.1 Å². The zero-order valence-electron chi connectivity index (χ0n) is 12.4. The summed E-state index contributed by atoms with van der Waals surface area (Å²) in [4.78, 5) is 25.9. The molecule has 0 radical (unpaired) electrons. The van der Waals surface area contributed by atoms with Gasteiger partial charge in [0, 0.05) is 18.5 Å². The quantitative estimate of drug-likeness (QED) is 0.874. The van der Waals surface area contributed by atoms with Crippen LogP contribution in [0, 0.1) is 0 Å². The first-order chi connectivity index (χ1) is 9.81. The van der Waals surface area contributed by atoms with E-state index in [-0.39, 0.29) is 12.1 Å². The van der Waals surface area contributed by atoms with Gasteiger partial charge in [-0.1, -0.05) is 18.2 Å². The van der Waals surface area contributed by atoms with Crippen LogP contribution in [-0.2, 0) is 0 Å². The Hall–Kier alpha value is -2.14. The Morgan fingerprint density at radius 2 is 2.00 bits per heavy atom. The lowest BCUT2D eigenvalue weighted by Crippen LogP contribution is -2.43. The van der Waals surface area contributed by atoms with Gasteiger partial charge in [-0.15, -0.1) is 0 Å². The standard InChI is InChI=1S/C16H19NO4/c1-4-17(10-16(2,3)20)14(18)12-9-11-7-5-6-8-13(11)21-15(12)19/h5-9,20H,4,10H2,1-3H3. The van der Waals surface area contributed by atoms with Crippen molar-refractivity contribution in [1.82, 2.24) is 4.90 Å². The number of carbonyl (C=O) groups is 1. The summed E-state index contributed by atoms with van der Waals surface area (Å²) in [7, 11) is 0. The number of hydrogen-bond acceptors (Lipinski definition) is 4. The van der Waals surface area contributed by atoms with Gasteiger partial charge in [-0.05, 0) is 32.9 Å². The molecule has 0 spiro atoms. The van der Waals surface area contributed by atoms with E-state index in [1.165, 1.54) is 11.0 Å². The molecule has 1 amide bonds. The maximum atomic E-state index is 12.5. The third-order valence-electron chi connectivity index (χ3n) is 3.12. The van der Waals surface area contributed by atoms with Crippen LogP contribution in [-0.4, -0.2) is 34.6 Å². The van der Waals surface area contributed by atoms with Crippen molar-refractivity contribution >= 4 is 16.9 Å². The van der Waals surface area contributed by atoms with Gasteiger partial charge in [0.25, 0.3) is 5.91 Å². The summed E-state index contributed by atoms with van der Waals surface area (Å²) in [6.07, 6.45) is 0. The summed E-state index contributed by atoms with van der Waals surface area (Å²) in [5.41, 5.74) is -1.25. The Balaban J connectivity index is 2.42. The molecular formula is C16H19NO4. The summed E-state index contributed by atoms with van der Waals surface area (Å²) in [6.45, 7) is 5.58. The van der Waals surface area contributed by atoms with Crippen LogP contribution in [0.5, 0.6) is 0 Å². The lowest BCUT2D eigenvalue weighted by molar-refractivity contribution is 0.0312. The van der Waals surface area contributed by atoms with Gasteiger partial charge in [0.15, 0.2) is 0 Å². The second-order valence-corrected chi connectivity index (χ2v) is 5.62. The van der Waals surface area contributed by atoms with Crippen molar-refractivity contribution in [2.75, 3.05) is 13.1 Å². The molecule has 0 saturated heterocycles. The molecule has 0 fully saturated rings. The highest BCUT2D eigenvalue weighted by Gasteiger charge is 2.24. The third kappa shape index (κ3) is 3.49. The topological polar surface area (TPSA) is 70.8 Å². The number of aliphatic hydroxyl groups is 1. The Morgan fingerprint density at radius 3 is 2.62 bits per heavy atom. The van der Waals surface area contributed by atoms with E-state index < -0.39 is 17.1 Å². The monoisotopic (exact) mass is 289 g/mol. The van der Waals surface area contributed by atoms with Gasteiger partial charge < -0.3 is 14.4 Å². The SMILES string of the molecule is CCN(CC(C)(C)O)C(=O)c1cc2ccccc2oc1=O. The van der Waals surface area contributed by atoms with E-state index in [0.29, 0.717) is 17.5 Å². The minimum atomic E-state index is -1.03. The third-order valence-corrected chi connectivity index (χ3v) is 3.12. The largest absolute Gasteiger partial charge is 0.422 e. The van der Waals surface area contributed by atoms with E-state index >= 15 is 0 Å². The predicted octanol–water partition coefficient (Wildman–Crippen LogP) is 2.03. The average Bonchev–Trinajstić information content (AvgIpc) is 2.42. The predicted molar refractivity (Wildman–Crippen MR) is 80.4 cm³/mol. The van der Waals surface area contributed by atoms with Gasteiger partial charge in [-0.25, -0.2) is 4.79 Å². The fourth-order valence-corrected chi connectivity index (χ4v) is 2.18. The van der Waals surface area contributed by atoms with Crippen molar-refractivity contribution in [2.45, 2.75) is 26.4 Å². The number of nitrogens with zero attached hydrogens (tertiary/aromatic N) is 1. The summed E-state index contributed by atoms with van der Waals surface area (Å²) < 4.78 is 5.17. The highest BCUT2D eigenvalue weighted by atomic mass is 16.4. The lowest BCUT2D eigenvalue weighted by atomic mass is 10.1. The second-order valence-electron chi connectivity index (χ2n) is 5.62. The Morgan fingerprint density at radius 1 is 1.33 bits per heavy atom. The second kappa shape index (κ2) is 5.69. The zero-order valence-corrected chi connectivity index (χ0v) is 12.4. The van der Waals surface area contributed by atoms with Crippen molar-refractivity contribution < 1.29 is 14.3 Å². The zero-order chi connectivity index (χ0) is 15.6. The number of benzene rings is 1. The number of amides is 1. The molecular weight excluding hydrogens is 270 g/mol. The maximum Gasteiger partial charge on any atom is 0.349 e. The molecule has 0 aliphatic rings. The van der Waals surface area contributed by atoms with E-state index in [4.69, 9.17) is 4.42 Å². The molecule has 1 aromatic carbocycles. The van der Waals surface area contributed by atoms with Gasteiger partial charge in [0.1, 0.15) is 11.1 Å². The number of hydrogen-bond donors (Lipinski definition) is 1. The molecule has 0 bridgehead atoms. The highest BCUT2D eigenvalue weighted by molar-refractivity contribution is 5.96. The number of para-hydroxylation sites is 1. The molecule has 1 heterocycles. The molecule has 2 aromatic rings. The number of likely N-dealkylation sites (N-methyl/N-ethyl adjacent to an activating group) is 1. The molecule has 5 heteroatoms. The van der Waals surface area contributed by atoms with Crippen molar-refractivity contribution in [3.63, 3.8) is 0 Å². The van der Waals surface area contributed by atoms with Crippen LogP contribution < -0.4 is 5.63 Å².